The number of hydrogen-bond donors (Lipinski definition) is 0. The van der Waals surface area contributed by atoms with Crippen molar-refractivity contribution in [2.45, 2.75) is 31.0 Å². The summed E-state index contributed by atoms with van der Waals surface area (Å²) in [6.07, 6.45) is 0. The van der Waals surface area contributed by atoms with E-state index in [0.29, 0.717) is 11.8 Å². The molecule has 2 heterocycles. The molecule has 4 aromatic rings. The van der Waals surface area contributed by atoms with Gasteiger partial charge in [-0.1, -0.05) is 48.2 Å². The summed E-state index contributed by atoms with van der Waals surface area (Å²) >= 11 is 1.64. The lowest BCUT2D eigenvalue weighted by atomic mass is 10.1. The minimum Gasteiger partial charge on any atom is -0.419 e. The van der Waals surface area contributed by atoms with E-state index in [1.165, 1.54) is 16.5 Å². The molecule has 26 heavy (non-hydrogen) atoms. The molecule has 0 bridgehead atoms. The van der Waals surface area contributed by atoms with Crippen molar-refractivity contribution in [3.8, 4) is 11.5 Å². The van der Waals surface area contributed by atoms with Crippen LogP contribution < -0.4 is 0 Å². The van der Waals surface area contributed by atoms with Crippen molar-refractivity contribution in [2.75, 3.05) is 0 Å². The quantitative estimate of drug-likeness (QED) is 0.433. The molecule has 130 valence electrons. The van der Waals surface area contributed by atoms with Crippen molar-refractivity contribution in [2.24, 2.45) is 0 Å². The van der Waals surface area contributed by atoms with Crippen molar-refractivity contribution in [1.82, 2.24) is 15.2 Å². The number of fused-ring (bicyclic) bond motifs is 1. The number of pyridine rings is 1. The summed E-state index contributed by atoms with van der Waals surface area (Å²) in [5.41, 5.74) is 4.39. The molecule has 0 saturated carbocycles. The second-order valence-electron chi connectivity index (χ2n) is 6.32. The number of aromatic nitrogens is 3. The summed E-state index contributed by atoms with van der Waals surface area (Å²) in [4.78, 5) is 4.84. The van der Waals surface area contributed by atoms with E-state index in [1.54, 1.807) is 11.8 Å². The third-order valence-corrected chi connectivity index (χ3v) is 5.34. The average molecular weight is 361 g/mol. The topological polar surface area (TPSA) is 51.8 Å². The van der Waals surface area contributed by atoms with Gasteiger partial charge in [0.05, 0.1) is 15.8 Å². The first kappa shape index (κ1) is 16.8. The molecule has 0 aliphatic heterocycles. The normalized spacial score (nSPS) is 12.4. The molecule has 0 aliphatic carbocycles. The predicted octanol–water partition coefficient (Wildman–Crippen LogP) is 5.75. The van der Waals surface area contributed by atoms with Gasteiger partial charge in [-0.3, -0.25) is 0 Å². The van der Waals surface area contributed by atoms with Gasteiger partial charge < -0.3 is 4.42 Å². The molecular formula is C21H19N3OS. The zero-order chi connectivity index (χ0) is 18.1. The molecule has 0 spiro atoms. The lowest BCUT2D eigenvalue weighted by molar-refractivity contribution is 0.509. The first-order chi connectivity index (χ1) is 12.6. The van der Waals surface area contributed by atoms with Crippen molar-refractivity contribution in [1.29, 1.82) is 0 Å². The molecule has 1 atom stereocenters. The molecule has 4 nitrogen and oxygen atoms in total. The maximum absolute atomic E-state index is 5.87. The number of para-hydroxylation sites is 1. The summed E-state index contributed by atoms with van der Waals surface area (Å²) in [5, 5.41) is 10.6. The number of thioether (sulfide) groups is 1. The van der Waals surface area contributed by atoms with Crippen LogP contribution in [0.1, 0.15) is 29.2 Å². The average Bonchev–Trinajstić information content (AvgIpc) is 3.14. The molecule has 0 N–H and O–H groups in total. The Hall–Kier alpha value is -2.66. The Morgan fingerprint density at radius 1 is 0.923 bits per heavy atom. The standard InChI is InChI=1S/C21H19N3OS/c1-13-8-7-11-17-14(2)12-18(22-19(13)17)26-15(3)20-23-24-21(25-20)16-9-5-4-6-10-16/h4-12,15H,1-3H3/t15-/m0/s1. The van der Waals surface area contributed by atoms with E-state index in [4.69, 9.17) is 9.40 Å². The van der Waals surface area contributed by atoms with Gasteiger partial charge in [0, 0.05) is 10.9 Å². The lowest BCUT2D eigenvalue weighted by Crippen LogP contribution is -1.93. The minimum absolute atomic E-state index is 0.0216. The zero-order valence-corrected chi connectivity index (χ0v) is 15.7. The largest absolute Gasteiger partial charge is 0.419 e. The smallest absolute Gasteiger partial charge is 0.247 e. The molecule has 4 rings (SSSR count). The number of nitrogens with zero attached hydrogens (tertiary/aromatic N) is 3. The molecule has 0 unspecified atom stereocenters. The fourth-order valence-corrected chi connectivity index (χ4v) is 3.87. The highest BCUT2D eigenvalue weighted by atomic mass is 32.2. The van der Waals surface area contributed by atoms with Gasteiger partial charge in [-0.15, -0.1) is 10.2 Å². The van der Waals surface area contributed by atoms with E-state index in [-0.39, 0.29) is 5.25 Å². The summed E-state index contributed by atoms with van der Waals surface area (Å²) < 4.78 is 5.87. The first-order valence-electron chi connectivity index (χ1n) is 8.54. The molecule has 0 radical (unpaired) electrons. The van der Waals surface area contributed by atoms with Crippen molar-refractivity contribution in [3.63, 3.8) is 0 Å². The number of hydrogen-bond acceptors (Lipinski definition) is 5. The van der Waals surface area contributed by atoms with Gasteiger partial charge in [0.2, 0.25) is 11.8 Å². The first-order valence-corrected chi connectivity index (χ1v) is 9.42. The Bertz CT molecular complexity index is 1060. The van der Waals surface area contributed by atoms with Crippen LogP contribution in [0.5, 0.6) is 0 Å². The highest BCUT2D eigenvalue weighted by Crippen LogP contribution is 2.36. The molecule has 2 aromatic carbocycles. The van der Waals surface area contributed by atoms with Gasteiger partial charge in [0.15, 0.2) is 0 Å². The van der Waals surface area contributed by atoms with Gasteiger partial charge in [0.25, 0.3) is 0 Å². The summed E-state index contributed by atoms with van der Waals surface area (Å²) in [5.74, 6) is 1.16. The second-order valence-corrected chi connectivity index (χ2v) is 7.68. The second kappa shape index (κ2) is 6.92. The molecule has 0 fully saturated rings. The van der Waals surface area contributed by atoms with Gasteiger partial charge in [-0.05, 0) is 50.1 Å². The molecule has 2 aromatic heterocycles. The molecule has 0 saturated heterocycles. The summed E-state index contributed by atoms with van der Waals surface area (Å²) in [7, 11) is 0. The van der Waals surface area contributed by atoms with Gasteiger partial charge in [-0.2, -0.15) is 0 Å². The predicted molar refractivity (Wildman–Crippen MR) is 105 cm³/mol. The Balaban J connectivity index is 1.61. The third kappa shape index (κ3) is 3.22. The zero-order valence-electron chi connectivity index (χ0n) is 14.9. The van der Waals surface area contributed by atoms with Crippen molar-refractivity contribution >= 4 is 22.7 Å². The minimum atomic E-state index is 0.0216. The van der Waals surface area contributed by atoms with Gasteiger partial charge in [0.1, 0.15) is 0 Å². The molecule has 0 amide bonds. The molecular weight excluding hydrogens is 342 g/mol. The van der Waals surface area contributed by atoms with Crippen LogP contribution in [0.2, 0.25) is 0 Å². The van der Waals surface area contributed by atoms with Crippen molar-refractivity contribution < 1.29 is 4.42 Å². The molecule has 0 aliphatic rings. The SMILES string of the molecule is Cc1cc(S[C@@H](C)c2nnc(-c3ccccc3)o2)nc2c(C)cccc12. The summed E-state index contributed by atoms with van der Waals surface area (Å²) in [6.45, 7) is 6.28. The van der Waals surface area contributed by atoms with Crippen LogP contribution in [0.15, 0.2) is 64.0 Å². The van der Waals surface area contributed by atoms with E-state index >= 15 is 0 Å². The third-order valence-electron chi connectivity index (χ3n) is 4.33. The Morgan fingerprint density at radius 2 is 1.73 bits per heavy atom. The van der Waals surface area contributed by atoms with Crippen LogP contribution in [0.4, 0.5) is 0 Å². The van der Waals surface area contributed by atoms with Crippen LogP contribution >= 0.6 is 11.8 Å². The highest BCUT2D eigenvalue weighted by molar-refractivity contribution is 7.99. The van der Waals surface area contributed by atoms with E-state index in [2.05, 4.69) is 55.2 Å². The number of aryl methyl sites for hydroxylation is 2. The van der Waals surface area contributed by atoms with E-state index in [9.17, 15) is 0 Å². The van der Waals surface area contributed by atoms with Crippen LogP contribution in [0, 0.1) is 13.8 Å². The van der Waals surface area contributed by atoms with E-state index in [0.717, 1.165) is 16.1 Å². The Morgan fingerprint density at radius 3 is 2.54 bits per heavy atom. The van der Waals surface area contributed by atoms with Crippen molar-refractivity contribution in [3.05, 3.63) is 71.6 Å². The fourth-order valence-electron chi connectivity index (χ4n) is 2.92. The van der Waals surface area contributed by atoms with Gasteiger partial charge >= 0.3 is 0 Å². The highest BCUT2D eigenvalue weighted by Gasteiger charge is 2.17. The maximum Gasteiger partial charge on any atom is 0.247 e. The number of benzene rings is 2. The summed E-state index contributed by atoms with van der Waals surface area (Å²) in [6, 6.07) is 18.2. The van der Waals surface area contributed by atoms with Gasteiger partial charge in [-0.25, -0.2) is 4.98 Å². The monoisotopic (exact) mass is 361 g/mol. The maximum atomic E-state index is 5.87. The Kier molecular flexibility index (Phi) is 4.47. The van der Waals surface area contributed by atoms with Crippen LogP contribution in [-0.4, -0.2) is 15.2 Å². The lowest BCUT2D eigenvalue weighted by Gasteiger charge is -2.10. The Labute approximate surface area is 156 Å². The van der Waals surface area contributed by atoms with E-state index in [1.807, 2.05) is 30.3 Å². The fraction of sp³-hybridized carbons (Fsp3) is 0.190. The van der Waals surface area contributed by atoms with Crippen LogP contribution in [-0.2, 0) is 0 Å². The number of rotatable bonds is 4. The van der Waals surface area contributed by atoms with E-state index < -0.39 is 0 Å². The molecule has 5 heteroatoms. The van der Waals surface area contributed by atoms with Crippen LogP contribution in [0.3, 0.4) is 0 Å². The van der Waals surface area contributed by atoms with Crippen LogP contribution in [0.25, 0.3) is 22.4 Å².